The first-order valence-electron chi connectivity index (χ1n) is 8.24. The van der Waals surface area contributed by atoms with E-state index in [-0.39, 0.29) is 11.5 Å². The molecule has 2 nitrogen and oxygen atoms in total. The van der Waals surface area contributed by atoms with Crippen LogP contribution in [0.5, 0.6) is 5.75 Å². The van der Waals surface area contributed by atoms with Crippen LogP contribution in [0.25, 0.3) is 16.3 Å². The standard InChI is InChI=1S/C22H18O2S2/c1-11-13-7-5-6-8-14(13)21(23)20-19(11)12(2)15-9-17(25-3)18(26-4)10-16(15)22(20)24/h5-10,23H,2H2,1,3-4H3. The topological polar surface area (TPSA) is 37.3 Å². The molecule has 0 heterocycles. The van der Waals surface area contributed by atoms with E-state index in [2.05, 4.69) is 12.6 Å². The van der Waals surface area contributed by atoms with Crippen LogP contribution in [0.2, 0.25) is 0 Å². The van der Waals surface area contributed by atoms with Crippen molar-refractivity contribution in [3.8, 4) is 5.75 Å². The highest BCUT2D eigenvalue weighted by molar-refractivity contribution is 8.01. The molecule has 0 bridgehead atoms. The van der Waals surface area contributed by atoms with E-state index in [1.165, 1.54) is 0 Å². The maximum atomic E-state index is 13.3. The summed E-state index contributed by atoms with van der Waals surface area (Å²) < 4.78 is 0. The Kier molecular flexibility index (Phi) is 4.13. The van der Waals surface area contributed by atoms with Crippen molar-refractivity contribution in [2.75, 3.05) is 12.5 Å². The van der Waals surface area contributed by atoms with Crippen molar-refractivity contribution in [2.24, 2.45) is 0 Å². The molecule has 3 aromatic carbocycles. The van der Waals surface area contributed by atoms with Crippen LogP contribution < -0.4 is 0 Å². The highest BCUT2D eigenvalue weighted by Gasteiger charge is 2.32. The van der Waals surface area contributed by atoms with Gasteiger partial charge in [0.2, 0.25) is 0 Å². The van der Waals surface area contributed by atoms with E-state index in [0.717, 1.165) is 37.4 Å². The molecule has 4 rings (SSSR count). The number of aromatic hydroxyl groups is 1. The lowest BCUT2D eigenvalue weighted by Gasteiger charge is -2.26. The number of fused-ring (bicyclic) bond motifs is 3. The Balaban J connectivity index is 2.10. The summed E-state index contributed by atoms with van der Waals surface area (Å²) in [5, 5.41) is 12.5. The Morgan fingerprint density at radius 2 is 1.50 bits per heavy atom. The summed E-state index contributed by atoms with van der Waals surface area (Å²) in [7, 11) is 0. The molecule has 0 unspecified atom stereocenters. The fourth-order valence-electron chi connectivity index (χ4n) is 3.78. The van der Waals surface area contributed by atoms with Gasteiger partial charge in [0.25, 0.3) is 0 Å². The number of carbonyl (C=O) groups is 1. The van der Waals surface area contributed by atoms with Crippen LogP contribution in [0.1, 0.15) is 32.6 Å². The van der Waals surface area contributed by atoms with Gasteiger partial charge in [-0.1, -0.05) is 30.8 Å². The summed E-state index contributed by atoms with van der Waals surface area (Å²) in [4.78, 5) is 15.5. The lowest BCUT2D eigenvalue weighted by molar-refractivity contribution is 0.103. The quantitative estimate of drug-likeness (QED) is 0.440. The number of thioether (sulfide) groups is 2. The summed E-state index contributed by atoms with van der Waals surface area (Å²) in [5.41, 5.74) is 4.41. The largest absolute Gasteiger partial charge is 0.507 e. The molecule has 0 spiro atoms. The Labute approximate surface area is 161 Å². The van der Waals surface area contributed by atoms with E-state index in [0.29, 0.717) is 16.5 Å². The summed E-state index contributed by atoms with van der Waals surface area (Å²) in [6.45, 7) is 6.29. The molecule has 1 aliphatic rings. The van der Waals surface area contributed by atoms with Gasteiger partial charge >= 0.3 is 0 Å². The number of carbonyl (C=O) groups excluding carboxylic acids is 1. The number of hydrogen-bond donors (Lipinski definition) is 1. The van der Waals surface area contributed by atoms with E-state index in [1.807, 2.05) is 49.8 Å². The Morgan fingerprint density at radius 1 is 0.923 bits per heavy atom. The number of phenols is 1. The van der Waals surface area contributed by atoms with Crippen LogP contribution in [0.4, 0.5) is 0 Å². The van der Waals surface area contributed by atoms with E-state index >= 15 is 0 Å². The fourth-order valence-corrected chi connectivity index (χ4v) is 5.27. The minimum atomic E-state index is -0.128. The maximum absolute atomic E-state index is 13.3. The Morgan fingerprint density at radius 3 is 2.12 bits per heavy atom. The molecule has 130 valence electrons. The molecule has 4 heteroatoms. The summed E-state index contributed by atoms with van der Waals surface area (Å²) >= 11 is 3.29. The first kappa shape index (κ1) is 17.3. The molecule has 0 saturated heterocycles. The summed E-state index contributed by atoms with van der Waals surface area (Å²) in [6, 6.07) is 11.6. The Bertz CT molecular complexity index is 1030. The molecule has 0 atom stereocenters. The average Bonchev–Trinajstić information content (AvgIpc) is 2.67. The van der Waals surface area contributed by atoms with E-state index < -0.39 is 0 Å². The first-order chi connectivity index (χ1) is 12.5. The van der Waals surface area contributed by atoms with Gasteiger partial charge in [-0.3, -0.25) is 4.79 Å². The van der Waals surface area contributed by atoms with Crippen LogP contribution in [0.3, 0.4) is 0 Å². The van der Waals surface area contributed by atoms with Crippen molar-refractivity contribution >= 4 is 45.7 Å². The molecule has 0 aromatic heterocycles. The van der Waals surface area contributed by atoms with Crippen molar-refractivity contribution in [1.82, 2.24) is 0 Å². The number of aryl methyl sites for hydroxylation is 1. The molecule has 0 amide bonds. The SMILES string of the molecule is C=C1c2cc(SC)c(SC)cc2C(=O)c2c1c(C)c1ccccc1c2O. The lowest BCUT2D eigenvalue weighted by Crippen LogP contribution is -2.16. The number of phenolic OH excluding ortho intramolecular Hbond substituents is 1. The molecule has 1 N–H and O–H groups in total. The maximum Gasteiger partial charge on any atom is 0.198 e. The van der Waals surface area contributed by atoms with Crippen LogP contribution in [0, 0.1) is 6.92 Å². The van der Waals surface area contributed by atoms with Gasteiger partial charge in [0.1, 0.15) is 5.75 Å². The lowest BCUT2D eigenvalue weighted by atomic mass is 9.78. The van der Waals surface area contributed by atoms with Crippen molar-refractivity contribution < 1.29 is 9.90 Å². The monoisotopic (exact) mass is 378 g/mol. The minimum absolute atomic E-state index is 0.0534. The highest BCUT2D eigenvalue weighted by atomic mass is 32.2. The third-order valence-corrected chi connectivity index (χ3v) is 6.75. The van der Waals surface area contributed by atoms with Gasteiger partial charge in [-0.15, -0.1) is 23.5 Å². The van der Waals surface area contributed by atoms with Gasteiger partial charge in [0.15, 0.2) is 5.78 Å². The predicted octanol–water partition coefficient (Wildman–Crippen LogP) is 5.90. The van der Waals surface area contributed by atoms with Gasteiger partial charge in [-0.25, -0.2) is 0 Å². The molecular formula is C22H18O2S2. The van der Waals surface area contributed by atoms with Gasteiger partial charge in [0.05, 0.1) is 5.56 Å². The number of benzene rings is 3. The molecule has 0 saturated carbocycles. The second-order valence-electron chi connectivity index (χ2n) is 6.33. The molecule has 0 aliphatic heterocycles. The summed E-state index contributed by atoms with van der Waals surface area (Å²) in [6.07, 6.45) is 4.04. The van der Waals surface area contributed by atoms with Crippen LogP contribution in [-0.4, -0.2) is 23.4 Å². The van der Waals surface area contributed by atoms with Crippen molar-refractivity contribution in [3.05, 3.63) is 70.8 Å². The molecule has 1 aliphatic carbocycles. The molecule has 3 aromatic rings. The van der Waals surface area contributed by atoms with Gasteiger partial charge in [-0.05, 0) is 53.7 Å². The van der Waals surface area contributed by atoms with Crippen molar-refractivity contribution in [2.45, 2.75) is 16.7 Å². The van der Waals surface area contributed by atoms with Crippen LogP contribution >= 0.6 is 23.5 Å². The zero-order valence-electron chi connectivity index (χ0n) is 14.8. The smallest absolute Gasteiger partial charge is 0.198 e. The Hall–Kier alpha value is -2.17. The van der Waals surface area contributed by atoms with E-state index in [1.54, 1.807) is 23.5 Å². The third kappa shape index (κ3) is 2.25. The predicted molar refractivity (Wildman–Crippen MR) is 112 cm³/mol. The number of hydrogen-bond acceptors (Lipinski definition) is 4. The van der Waals surface area contributed by atoms with Crippen molar-refractivity contribution in [3.63, 3.8) is 0 Å². The average molecular weight is 379 g/mol. The molecule has 0 radical (unpaired) electrons. The number of rotatable bonds is 2. The van der Waals surface area contributed by atoms with Gasteiger partial charge in [-0.2, -0.15) is 0 Å². The second-order valence-corrected chi connectivity index (χ2v) is 8.03. The van der Waals surface area contributed by atoms with Gasteiger partial charge in [0, 0.05) is 26.3 Å². The third-order valence-electron chi connectivity index (χ3n) is 5.07. The number of ketones is 1. The summed E-state index contributed by atoms with van der Waals surface area (Å²) in [5.74, 6) is -0.0747. The second kappa shape index (κ2) is 6.22. The molecular weight excluding hydrogens is 360 g/mol. The normalized spacial score (nSPS) is 13.0. The fraction of sp³-hybridized carbons (Fsp3) is 0.136. The zero-order chi connectivity index (χ0) is 18.6. The molecule has 0 fully saturated rings. The zero-order valence-corrected chi connectivity index (χ0v) is 16.5. The highest BCUT2D eigenvalue weighted by Crippen LogP contribution is 2.46. The van der Waals surface area contributed by atoms with Crippen LogP contribution in [0.15, 0.2) is 52.8 Å². The molecule has 26 heavy (non-hydrogen) atoms. The first-order valence-corrected chi connectivity index (χ1v) is 10.7. The van der Waals surface area contributed by atoms with Gasteiger partial charge < -0.3 is 5.11 Å². The van der Waals surface area contributed by atoms with E-state index in [4.69, 9.17) is 0 Å². The van der Waals surface area contributed by atoms with E-state index in [9.17, 15) is 9.90 Å². The minimum Gasteiger partial charge on any atom is -0.507 e. The van der Waals surface area contributed by atoms with Crippen molar-refractivity contribution in [1.29, 1.82) is 0 Å². The van der Waals surface area contributed by atoms with Crippen LogP contribution in [-0.2, 0) is 0 Å².